The molecule has 0 N–H and O–H groups in total. The third-order valence-electron chi connectivity index (χ3n) is 4.77. The van der Waals surface area contributed by atoms with Crippen LogP contribution < -0.4 is 0 Å². The molecular weight excluding hydrogens is 132 g/mol. The lowest BCUT2D eigenvalue weighted by Gasteiger charge is -2.31. The normalized spacial score (nSPS) is 60.3. The van der Waals surface area contributed by atoms with E-state index in [9.17, 15) is 0 Å². The Kier molecular flexibility index (Phi) is 1.20. The zero-order chi connectivity index (χ0) is 7.42. The fraction of sp³-hybridized carbons (Fsp3) is 1.00. The van der Waals surface area contributed by atoms with E-state index in [4.69, 9.17) is 0 Å². The molecule has 5 unspecified atom stereocenters. The van der Waals surface area contributed by atoms with Crippen LogP contribution >= 0.6 is 0 Å². The molecule has 0 spiro atoms. The highest BCUT2D eigenvalue weighted by Crippen LogP contribution is 2.58. The van der Waals surface area contributed by atoms with Gasteiger partial charge in [-0.25, -0.2) is 0 Å². The zero-order valence-corrected chi connectivity index (χ0v) is 7.42. The summed E-state index contributed by atoms with van der Waals surface area (Å²) >= 11 is 0. The highest BCUT2D eigenvalue weighted by atomic mass is 14.5. The maximum absolute atomic E-state index is 2.50. The van der Waals surface area contributed by atoms with Gasteiger partial charge in [0.05, 0.1) is 0 Å². The van der Waals surface area contributed by atoms with E-state index in [2.05, 4.69) is 6.92 Å². The Balaban J connectivity index is 1.97. The van der Waals surface area contributed by atoms with Crippen LogP contribution in [0.15, 0.2) is 0 Å². The average Bonchev–Trinajstić information content (AvgIpc) is 2.22. The second-order valence-corrected chi connectivity index (χ2v) is 5.21. The van der Waals surface area contributed by atoms with Crippen LogP contribution in [0.4, 0.5) is 0 Å². The second-order valence-electron chi connectivity index (χ2n) is 5.21. The molecule has 0 nitrogen and oxygen atoms in total. The highest BCUT2D eigenvalue weighted by molar-refractivity contribution is 4.98. The van der Waals surface area contributed by atoms with Gasteiger partial charge in [0.1, 0.15) is 0 Å². The Hall–Kier alpha value is 0. The summed E-state index contributed by atoms with van der Waals surface area (Å²) in [5.41, 5.74) is 0. The second kappa shape index (κ2) is 2.02. The standard InChI is InChI=1S/C11H18/c1-7-4-8-2-3-9-5-10(8)6-11(7)9/h7-11H,2-6H2,1H3. The Morgan fingerprint density at radius 1 is 0.818 bits per heavy atom. The fourth-order valence-electron chi connectivity index (χ4n) is 4.24. The van der Waals surface area contributed by atoms with Crippen molar-refractivity contribution < 1.29 is 0 Å². The molecule has 0 heterocycles. The van der Waals surface area contributed by atoms with E-state index in [1.54, 1.807) is 32.1 Å². The number of rotatable bonds is 0. The van der Waals surface area contributed by atoms with Crippen molar-refractivity contribution in [1.29, 1.82) is 0 Å². The maximum atomic E-state index is 2.50. The molecule has 3 fully saturated rings. The molecule has 62 valence electrons. The summed E-state index contributed by atoms with van der Waals surface area (Å²) in [5, 5.41) is 0. The minimum absolute atomic E-state index is 1.08. The van der Waals surface area contributed by atoms with Gasteiger partial charge in [-0.05, 0) is 61.7 Å². The summed E-state index contributed by atoms with van der Waals surface area (Å²) in [7, 11) is 0. The number of fused-ring (bicyclic) bond motifs is 3. The molecule has 3 aliphatic rings. The maximum Gasteiger partial charge on any atom is -0.0357 e. The lowest BCUT2D eigenvalue weighted by Crippen LogP contribution is -2.22. The van der Waals surface area contributed by atoms with Gasteiger partial charge >= 0.3 is 0 Å². The molecular formula is C11H18. The third kappa shape index (κ3) is 0.761. The van der Waals surface area contributed by atoms with Gasteiger partial charge in [-0.1, -0.05) is 6.92 Å². The van der Waals surface area contributed by atoms with Gasteiger partial charge < -0.3 is 0 Å². The molecule has 5 atom stereocenters. The Labute approximate surface area is 69.4 Å². The first-order valence-corrected chi connectivity index (χ1v) is 5.34. The largest absolute Gasteiger partial charge is 0.0622 e. The molecule has 0 aromatic carbocycles. The lowest BCUT2D eigenvalue weighted by molar-refractivity contribution is 0.192. The van der Waals surface area contributed by atoms with Crippen LogP contribution in [0.5, 0.6) is 0 Å². The number of hydrogen-bond donors (Lipinski definition) is 0. The van der Waals surface area contributed by atoms with E-state index < -0.39 is 0 Å². The molecule has 0 heteroatoms. The number of hydrogen-bond acceptors (Lipinski definition) is 0. The lowest BCUT2D eigenvalue weighted by atomic mass is 9.74. The van der Waals surface area contributed by atoms with Crippen LogP contribution in [0.1, 0.15) is 39.0 Å². The quantitative estimate of drug-likeness (QED) is 0.498. The highest BCUT2D eigenvalue weighted by Gasteiger charge is 2.48. The van der Waals surface area contributed by atoms with Crippen LogP contribution in [0, 0.1) is 29.6 Å². The SMILES string of the molecule is CC1CC2CCC3CC2CC13. The van der Waals surface area contributed by atoms with Crippen molar-refractivity contribution in [3.63, 3.8) is 0 Å². The Morgan fingerprint density at radius 2 is 1.64 bits per heavy atom. The summed E-state index contributed by atoms with van der Waals surface area (Å²) in [6.07, 6.45) is 7.95. The minimum atomic E-state index is 1.08. The summed E-state index contributed by atoms with van der Waals surface area (Å²) in [6.45, 7) is 2.50. The summed E-state index contributed by atoms with van der Waals surface area (Å²) in [6, 6.07) is 0. The van der Waals surface area contributed by atoms with Gasteiger partial charge in [0.2, 0.25) is 0 Å². The third-order valence-corrected chi connectivity index (χ3v) is 4.77. The topological polar surface area (TPSA) is 0 Å². The van der Waals surface area contributed by atoms with Crippen molar-refractivity contribution >= 4 is 0 Å². The van der Waals surface area contributed by atoms with Gasteiger partial charge in [0.25, 0.3) is 0 Å². The molecule has 0 aliphatic heterocycles. The van der Waals surface area contributed by atoms with E-state index in [1.165, 1.54) is 5.92 Å². The molecule has 3 aliphatic carbocycles. The Morgan fingerprint density at radius 3 is 2.55 bits per heavy atom. The minimum Gasteiger partial charge on any atom is -0.0622 e. The van der Waals surface area contributed by atoms with Gasteiger partial charge in [-0.15, -0.1) is 0 Å². The van der Waals surface area contributed by atoms with Gasteiger partial charge in [0, 0.05) is 0 Å². The Bertz CT molecular complexity index is 171. The van der Waals surface area contributed by atoms with Crippen LogP contribution in [0.25, 0.3) is 0 Å². The van der Waals surface area contributed by atoms with Gasteiger partial charge in [-0.3, -0.25) is 0 Å². The first-order chi connectivity index (χ1) is 5.34. The molecule has 3 saturated carbocycles. The van der Waals surface area contributed by atoms with Gasteiger partial charge in [-0.2, -0.15) is 0 Å². The van der Waals surface area contributed by atoms with E-state index in [1.807, 2.05) is 0 Å². The van der Waals surface area contributed by atoms with E-state index in [-0.39, 0.29) is 0 Å². The summed E-state index contributed by atoms with van der Waals surface area (Å²) in [4.78, 5) is 0. The van der Waals surface area contributed by atoms with Crippen molar-refractivity contribution in [2.75, 3.05) is 0 Å². The van der Waals surface area contributed by atoms with Crippen molar-refractivity contribution in [3.8, 4) is 0 Å². The monoisotopic (exact) mass is 150 g/mol. The van der Waals surface area contributed by atoms with Crippen molar-refractivity contribution in [3.05, 3.63) is 0 Å². The molecule has 11 heavy (non-hydrogen) atoms. The van der Waals surface area contributed by atoms with Crippen LogP contribution in [-0.2, 0) is 0 Å². The van der Waals surface area contributed by atoms with Crippen LogP contribution in [-0.4, -0.2) is 0 Å². The van der Waals surface area contributed by atoms with Crippen molar-refractivity contribution in [2.45, 2.75) is 39.0 Å². The molecule has 0 saturated heterocycles. The molecule has 3 rings (SSSR count). The van der Waals surface area contributed by atoms with E-state index >= 15 is 0 Å². The van der Waals surface area contributed by atoms with E-state index in [0.29, 0.717) is 0 Å². The smallest absolute Gasteiger partial charge is 0.0357 e. The van der Waals surface area contributed by atoms with Gasteiger partial charge in [0.15, 0.2) is 0 Å². The average molecular weight is 150 g/mol. The predicted molar refractivity (Wildman–Crippen MR) is 46.2 cm³/mol. The molecule has 0 aromatic heterocycles. The van der Waals surface area contributed by atoms with Crippen molar-refractivity contribution in [2.24, 2.45) is 29.6 Å². The summed E-state index contributed by atoms with van der Waals surface area (Å²) in [5.74, 6) is 5.72. The molecule has 0 radical (unpaired) electrons. The zero-order valence-electron chi connectivity index (χ0n) is 7.42. The van der Waals surface area contributed by atoms with Crippen LogP contribution in [0.2, 0.25) is 0 Å². The predicted octanol–water partition coefficient (Wildman–Crippen LogP) is 3.08. The van der Waals surface area contributed by atoms with Crippen LogP contribution in [0.3, 0.4) is 0 Å². The molecule has 3 bridgehead atoms. The summed E-state index contributed by atoms with van der Waals surface area (Å²) < 4.78 is 0. The fourth-order valence-corrected chi connectivity index (χ4v) is 4.24. The first-order valence-electron chi connectivity index (χ1n) is 5.34. The van der Waals surface area contributed by atoms with E-state index in [0.717, 1.165) is 23.7 Å². The van der Waals surface area contributed by atoms with Crippen molar-refractivity contribution in [1.82, 2.24) is 0 Å². The first kappa shape index (κ1) is 6.51. The molecule has 0 aromatic rings. The molecule has 0 amide bonds.